The summed E-state index contributed by atoms with van der Waals surface area (Å²) in [4.78, 5) is 24.2. The van der Waals surface area contributed by atoms with E-state index in [4.69, 9.17) is 0 Å². The Balaban J connectivity index is 1.92. The summed E-state index contributed by atoms with van der Waals surface area (Å²) < 4.78 is 0. The van der Waals surface area contributed by atoms with E-state index in [-0.39, 0.29) is 5.91 Å². The minimum absolute atomic E-state index is 0.174. The fraction of sp³-hybridized carbons (Fsp3) is 0.333. The quantitative estimate of drug-likeness (QED) is 0.761. The number of carbonyl (C=O) groups excluding carboxylic acids is 1. The topological polar surface area (TPSA) is 79.8 Å². The van der Waals surface area contributed by atoms with Crippen LogP contribution in [0.25, 0.3) is 0 Å². The highest BCUT2D eigenvalue weighted by molar-refractivity contribution is 5.92. The van der Waals surface area contributed by atoms with Gasteiger partial charge in [-0.2, -0.15) is 0 Å². The zero-order valence-electron chi connectivity index (χ0n) is 12.0. The Hall–Kier alpha value is -2.50. The second kappa shape index (κ2) is 7.94. The zero-order valence-corrected chi connectivity index (χ0v) is 12.0. The third kappa shape index (κ3) is 4.83. The van der Waals surface area contributed by atoms with Gasteiger partial charge in [-0.15, -0.1) is 0 Å². The largest absolute Gasteiger partial charge is 0.364 e. The Morgan fingerprint density at radius 2 is 2.14 bits per heavy atom. The highest BCUT2D eigenvalue weighted by Gasteiger charge is 2.07. The van der Waals surface area contributed by atoms with Gasteiger partial charge in [0, 0.05) is 18.8 Å². The number of anilines is 1. The molecule has 0 aliphatic carbocycles. The number of hydrogen-bond donors (Lipinski definition) is 2. The van der Waals surface area contributed by atoms with E-state index in [2.05, 4.69) is 32.5 Å². The predicted molar refractivity (Wildman–Crippen MR) is 80.8 cm³/mol. The first-order valence-electron chi connectivity index (χ1n) is 7.03. The molecule has 6 heteroatoms. The molecule has 2 aromatic rings. The molecule has 2 heterocycles. The summed E-state index contributed by atoms with van der Waals surface area (Å²) in [6, 6.07) is 7.36. The van der Waals surface area contributed by atoms with Crippen molar-refractivity contribution in [1.29, 1.82) is 0 Å². The molecular weight excluding hydrogens is 266 g/mol. The van der Waals surface area contributed by atoms with Gasteiger partial charge in [-0.25, -0.2) is 9.97 Å². The van der Waals surface area contributed by atoms with Crippen molar-refractivity contribution in [3.63, 3.8) is 0 Å². The van der Waals surface area contributed by atoms with Crippen molar-refractivity contribution in [2.75, 3.05) is 11.9 Å². The smallest absolute Gasteiger partial charge is 0.270 e. The molecule has 0 bridgehead atoms. The molecule has 2 N–H and O–H groups in total. The van der Waals surface area contributed by atoms with Gasteiger partial charge < -0.3 is 10.6 Å². The summed E-state index contributed by atoms with van der Waals surface area (Å²) in [7, 11) is 0. The molecule has 0 atom stereocenters. The normalized spacial score (nSPS) is 10.1. The summed E-state index contributed by atoms with van der Waals surface area (Å²) in [5, 5.41) is 5.96. The van der Waals surface area contributed by atoms with Gasteiger partial charge in [-0.3, -0.25) is 9.78 Å². The van der Waals surface area contributed by atoms with E-state index in [1.165, 1.54) is 6.33 Å². The lowest BCUT2D eigenvalue weighted by atomic mass is 10.3. The molecule has 2 rings (SSSR count). The second-order valence-corrected chi connectivity index (χ2v) is 4.57. The number of aromatic nitrogens is 3. The number of unbranched alkanes of at least 4 members (excludes halogenated alkanes) is 1. The van der Waals surface area contributed by atoms with Crippen LogP contribution >= 0.6 is 0 Å². The molecule has 0 unspecified atom stereocenters. The predicted octanol–water partition coefficient (Wildman–Crippen LogP) is 2.01. The number of rotatable bonds is 7. The summed E-state index contributed by atoms with van der Waals surface area (Å²) in [5.41, 5.74) is 1.27. The number of hydrogen-bond acceptors (Lipinski definition) is 5. The molecule has 0 saturated carbocycles. The highest BCUT2D eigenvalue weighted by atomic mass is 16.1. The number of amides is 1. The van der Waals surface area contributed by atoms with Gasteiger partial charge in [0.25, 0.3) is 5.91 Å². The van der Waals surface area contributed by atoms with Crippen LogP contribution in [0.2, 0.25) is 0 Å². The van der Waals surface area contributed by atoms with Crippen molar-refractivity contribution in [2.24, 2.45) is 0 Å². The van der Waals surface area contributed by atoms with Crippen molar-refractivity contribution in [3.8, 4) is 0 Å². The first-order valence-corrected chi connectivity index (χ1v) is 7.03. The maximum atomic E-state index is 11.9. The molecular formula is C15H19N5O. The molecule has 21 heavy (non-hydrogen) atoms. The monoisotopic (exact) mass is 285 g/mol. The van der Waals surface area contributed by atoms with Gasteiger partial charge in [0.05, 0.1) is 12.2 Å². The Kier molecular flexibility index (Phi) is 5.63. The van der Waals surface area contributed by atoms with E-state index in [1.807, 2.05) is 18.2 Å². The minimum Gasteiger partial charge on any atom is -0.364 e. The van der Waals surface area contributed by atoms with E-state index < -0.39 is 0 Å². The van der Waals surface area contributed by atoms with E-state index >= 15 is 0 Å². The molecule has 0 aromatic carbocycles. The molecule has 0 radical (unpaired) electrons. The second-order valence-electron chi connectivity index (χ2n) is 4.57. The SMILES string of the molecule is CCCCNC(=O)c1cc(NCc2ccccn2)ncn1. The van der Waals surface area contributed by atoms with Gasteiger partial charge in [0.2, 0.25) is 0 Å². The minimum atomic E-state index is -0.174. The van der Waals surface area contributed by atoms with Crippen LogP contribution in [-0.2, 0) is 6.54 Å². The van der Waals surface area contributed by atoms with E-state index in [1.54, 1.807) is 12.3 Å². The Labute approximate surface area is 124 Å². The summed E-state index contributed by atoms with van der Waals surface area (Å²) in [6.45, 7) is 3.29. The van der Waals surface area contributed by atoms with E-state index in [0.717, 1.165) is 18.5 Å². The maximum Gasteiger partial charge on any atom is 0.270 e. The van der Waals surface area contributed by atoms with Crippen LogP contribution < -0.4 is 10.6 Å². The lowest BCUT2D eigenvalue weighted by Crippen LogP contribution is -2.25. The molecule has 110 valence electrons. The van der Waals surface area contributed by atoms with Gasteiger partial charge in [-0.1, -0.05) is 19.4 Å². The Morgan fingerprint density at radius 3 is 2.90 bits per heavy atom. The van der Waals surface area contributed by atoms with Crippen LogP contribution in [0.3, 0.4) is 0 Å². The van der Waals surface area contributed by atoms with Gasteiger partial charge in [0.15, 0.2) is 0 Å². The Bertz CT molecular complexity index is 573. The number of nitrogens with zero attached hydrogens (tertiary/aromatic N) is 3. The lowest BCUT2D eigenvalue weighted by molar-refractivity contribution is 0.0948. The standard InChI is InChI=1S/C15H19N5O/c1-2-3-7-17-15(21)13-9-14(20-11-19-13)18-10-12-6-4-5-8-16-12/h4-6,8-9,11H,2-3,7,10H2,1H3,(H,17,21)(H,18,19,20). The molecule has 1 amide bonds. The van der Waals surface area contributed by atoms with Gasteiger partial charge >= 0.3 is 0 Å². The van der Waals surface area contributed by atoms with E-state index in [0.29, 0.717) is 24.6 Å². The first kappa shape index (κ1) is 14.9. The number of carbonyl (C=O) groups is 1. The van der Waals surface area contributed by atoms with E-state index in [9.17, 15) is 4.79 Å². The average Bonchev–Trinajstić information content (AvgIpc) is 2.54. The summed E-state index contributed by atoms with van der Waals surface area (Å²) in [5.74, 6) is 0.433. The summed E-state index contributed by atoms with van der Waals surface area (Å²) >= 11 is 0. The molecule has 0 spiro atoms. The fourth-order valence-corrected chi connectivity index (χ4v) is 1.73. The fourth-order valence-electron chi connectivity index (χ4n) is 1.73. The van der Waals surface area contributed by atoms with Crippen LogP contribution in [0.15, 0.2) is 36.8 Å². The molecule has 2 aromatic heterocycles. The van der Waals surface area contributed by atoms with Crippen LogP contribution in [0.1, 0.15) is 35.9 Å². The molecule has 6 nitrogen and oxygen atoms in total. The third-order valence-electron chi connectivity index (χ3n) is 2.89. The van der Waals surface area contributed by atoms with Crippen molar-refractivity contribution in [1.82, 2.24) is 20.3 Å². The first-order chi connectivity index (χ1) is 10.3. The Morgan fingerprint density at radius 1 is 1.24 bits per heavy atom. The van der Waals surface area contributed by atoms with Crippen molar-refractivity contribution in [3.05, 3.63) is 48.2 Å². The zero-order chi connectivity index (χ0) is 14.9. The maximum absolute atomic E-state index is 11.9. The molecule has 0 aliphatic heterocycles. The molecule has 0 aliphatic rings. The molecule has 0 fully saturated rings. The highest BCUT2D eigenvalue weighted by Crippen LogP contribution is 2.06. The van der Waals surface area contributed by atoms with Crippen molar-refractivity contribution < 1.29 is 4.79 Å². The average molecular weight is 285 g/mol. The van der Waals surface area contributed by atoms with Crippen LogP contribution in [0, 0.1) is 0 Å². The lowest BCUT2D eigenvalue weighted by Gasteiger charge is -2.07. The number of nitrogens with one attached hydrogen (secondary N) is 2. The van der Waals surface area contributed by atoms with Crippen LogP contribution in [-0.4, -0.2) is 27.4 Å². The van der Waals surface area contributed by atoms with Gasteiger partial charge in [-0.05, 0) is 18.6 Å². The number of pyridine rings is 1. The van der Waals surface area contributed by atoms with Crippen LogP contribution in [0.5, 0.6) is 0 Å². The van der Waals surface area contributed by atoms with Gasteiger partial charge in [0.1, 0.15) is 17.8 Å². The van der Waals surface area contributed by atoms with Crippen molar-refractivity contribution in [2.45, 2.75) is 26.3 Å². The third-order valence-corrected chi connectivity index (χ3v) is 2.89. The molecule has 0 saturated heterocycles. The summed E-state index contributed by atoms with van der Waals surface area (Å²) in [6.07, 6.45) is 5.13. The van der Waals surface area contributed by atoms with Crippen LogP contribution in [0.4, 0.5) is 5.82 Å². The van der Waals surface area contributed by atoms with Crippen molar-refractivity contribution >= 4 is 11.7 Å².